The molecule has 0 spiro atoms. The van der Waals surface area contributed by atoms with Crippen molar-refractivity contribution in [2.45, 2.75) is 6.42 Å². The Hall–Kier alpha value is -1.17. The van der Waals surface area contributed by atoms with Crippen molar-refractivity contribution in [3.05, 3.63) is 24.3 Å². The number of ether oxygens (including phenoxy) is 1. The third-order valence-corrected chi connectivity index (χ3v) is 2.25. The monoisotopic (exact) mass is 246 g/mol. The molecule has 0 saturated heterocycles. The number of hydrogen-bond acceptors (Lipinski definition) is 2. The van der Waals surface area contributed by atoms with Gasteiger partial charge in [-0.1, -0.05) is 12.1 Å². The molecule has 0 saturated carbocycles. The van der Waals surface area contributed by atoms with Gasteiger partial charge >= 0.3 is 6.98 Å². The van der Waals surface area contributed by atoms with Gasteiger partial charge in [-0.15, -0.1) is 5.46 Å². The standard InChI is InChI=1S/C11H16BF3NO/c1-16(2)7-4-8-17-11-6-3-5-10(9-11)12(13,14)15/h3,5-6,9H,4,7-8H2,1-2H3/q-1. The zero-order valence-corrected chi connectivity index (χ0v) is 10.00. The first-order valence-corrected chi connectivity index (χ1v) is 5.47. The van der Waals surface area contributed by atoms with Crippen molar-refractivity contribution in [3.8, 4) is 5.75 Å². The minimum Gasteiger partial charge on any atom is -0.494 e. The van der Waals surface area contributed by atoms with E-state index >= 15 is 0 Å². The molecular weight excluding hydrogens is 230 g/mol. The van der Waals surface area contributed by atoms with Crippen LogP contribution in [0.15, 0.2) is 24.3 Å². The first kappa shape index (κ1) is 13.9. The van der Waals surface area contributed by atoms with E-state index in [1.807, 2.05) is 19.0 Å². The maximum absolute atomic E-state index is 12.5. The van der Waals surface area contributed by atoms with E-state index in [4.69, 9.17) is 4.74 Å². The van der Waals surface area contributed by atoms with Crippen molar-refractivity contribution < 1.29 is 17.7 Å². The van der Waals surface area contributed by atoms with Crippen LogP contribution in [0, 0.1) is 0 Å². The zero-order valence-electron chi connectivity index (χ0n) is 10.00. The highest BCUT2D eigenvalue weighted by molar-refractivity contribution is 6.73. The van der Waals surface area contributed by atoms with E-state index in [9.17, 15) is 12.9 Å². The van der Waals surface area contributed by atoms with Crippen LogP contribution in [0.25, 0.3) is 0 Å². The molecule has 0 amide bonds. The van der Waals surface area contributed by atoms with Gasteiger partial charge < -0.3 is 22.6 Å². The van der Waals surface area contributed by atoms with E-state index in [1.54, 1.807) is 6.07 Å². The average molecular weight is 246 g/mol. The Morgan fingerprint density at radius 2 is 1.94 bits per heavy atom. The fourth-order valence-corrected chi connectivity index (χ4v) is 1.38. The summed E-state index contributed by atoms with van der Waals surface area (Å²) >= 11 is 0. The zero-order chi connectivity index (χ0) is 12.9. The maximum Gasteiger partial charge on any atom is 0.509 e. The van der Waals surface area contributed by atoms with Crippen molar-refractivity contribution in [2.75, 3.05) is 27.2 Å². The Balaban J connectivity index is 2.49. The van der Waals surface area contributed by atoms with Gasteiger partial charge in [-0.25, -0.2) is 0 Å². The minimum absolute atomic E-state index is 0.278. The molecule has 1 aromatic carbocycles. The highest BCUT2D eigenvalue weighted by atomic mass is 19.4. The van der Waals surface area contributed by atoms with Crippen LogP contribution in [0.2, 0.25) is 0 Å². The van der Waals surface area contributed by atoms with Crippen LogP contribution in [-0.4, -0.2) is 39.1 Å². The van der Waals surface area contributed by atoms with Gasteiger partial charge in [-0.2, -0.15) is 0 Å². The summed E-state index contributed by atoms with van der Waals surface area (Å²) in [4.78, 5) is 2.00. The van der Waals surface area contributed by atoms with E-state index in [1.165, 1.54) is 6.07 Å². The summed E-state index contributed by atoms with van der Waals surface area (Å²) in [5, 5.41) is 0. The number of nitrogens with zero attached hydrogens (tertiary/aromatic N) is 1. The van der Waals surface area contributed by atoms with Crippen LogP contribution < -0.4 is 10.2 Å². The summed E-state index contributed by atoms with van der Waals surface area (Å²) in [5.41, 5.74) is -0.616. The molecule has 0 N–H and O–H groups in total. The number of rotatable bonds is 6. The first-order valence-electron chi connectivity index (χ1n) is 5.47. The van der Waals surface area contributed by atoms with Crippen LogP contribution in [0.5, 0.6) is 5.75 Å². The van der Waals surface area contributed by atoms with Crippen LogP contribution in [0.4, 0.5) is 12.9 Å². The summed E-state index contributed by atoms with van der Waals surface area (Å²) in [5.74, 6) is 0.278. The van der Waals surface area contributed by atoms with Gasteiger partial charge in [0.1, 0.15) is 5.75 Å². The lowest BCUT2D eigenvalue weighted by molar-refractivity contribution is 0.281. The molecule has 0 aliphatic carbocycles. The van der Waals surface area contributed by atoms with Gasteiger partial charge in [0.2, 0.25) is 0 Å². The molecule has 0 fully saturated rings. The lowest BCUT2D eigenvalue weighted by Crippen LogP contribution is -2.33. The molecule has 1 aromatic rings. The molecule has 6 heteroatoms. The normalized spacial score (nSPS) is 11.9. The Morgan fingerprint density at radius 3 is 2.53 bits per heavy atom. The van der Waals surface area contributed by atoms with E-state index in [0.717, 1.165) is 25.1 Å². The van der Waals surface area contributed by atoms with Crippen LogP contribution in [0.3, 0.4) is 0 Å². The summed E-state index contributed by atoms with van der Waals surface area (Å²) in [6.45, 7) is -3.67. The third kappa shape index (κ3) is 5.13. The molecule has 0 bridgehead atoms. The molecule has 17 heavy (non-hydrogen) atoms. The van der Waals surface area contributed by atoms with E-state index in [0.29, 0.717) is 6.61 Å². The maximum atomic E-state index is 12.5. The molecular formula is C11H16BF3NO-. The van der Waals surface area contributed by atoms with E-state index < -0.39 is 12.4 Å². The lowest BCUT2D eigenvalue weighted by Gasteiger charge is -2.16. The van der Waals surface area contributed by atoms with Crippen LogP contribution in [0.1, 0.15) is 6.42 Å². The number of hydrogen-bond donors (Lipinski definition) is 0. The Labute approximate surface area is 99.4 Å². The molecule has 0 aromatic heterocycles. The highest BCUT2D eigenvalue weighted by Gasteiger charge is 2.25. The smallest absolute Gasteiger partial charge is 0.494 e. The average Bonchev–Trinajstić information content (AvgIpc) is 2.23. The molecule has 1 rings (SSSR count). The molecule has 0 aliphatic rings. The molecule has 0 aliphatic heterocycles. The SMILES string of the molecule is CN(C)CCCOc1cccc([B-](F)(F)F)c1. The number of halogens is 3. The predicted molar refractivity (Wildman–Crippen MR) is 63.8 cm³/mol. The predicted octanol–water partition coefficient (Wildman–Crippen LogP) is 2.07. The van der Waals surface area contributed by atoms with Crippen LogP contribution in [-0.2, 0) is 0 Å². The molecule has 2 nitrogen and oxygen atoms in total. The highest BCUT2D eigenvalue weighted by Crippen LogP contribution is 2.14. The number of benzene rings is 1. The van der Waals surface area contributed by atoms with Crippen molar-refractivity contribution in [3.63, 3.8) is 0 Å². The van der Waals surface area contributed by atoms with Crippen molar-refractivity contribution in [1.29, 1.82) is 0 Å². The molecule has 0 atom stereocenters. The van der Waals surface area contributed by atoms with Gasteiger partial charge in [0.25, 0.3) is 0 Å². The lowest BCUT2D eigenvalue weighted by atomic mass is 9.80. The largest absolute Gasteiger partial charge is 0.509 e. The summed E-state index contributed by atoms with van der Waals surface area (Å²) in [7, 11) is 3.87. The van der Waals surface area contributed by atoms with Gasteiger partial charge in [0.05, 0.1) is 6.61 Å². The fourth-order valence-electron chi connectivity index (χ4n) is 1.38. The first-order chi connectivity index (χ1) is 7.89. The van der Waals surface area contributed by atoms with Gasteiger partial charge in [0.15, 0.2) is 0 Å². The molecule has 0 unspecified atom stereocenters. The quantitative estimate of drug-likeness (QED) is 0.562. The third-order valence-electron chi connectivity index (χ3n) is 2.25. The van der Waals surface area contributed by atoms with Gasteiger partial charge in [-0.05, 0) is 32.6 Å². The fraction of sp³-hybridized carbons (Fsp3) is 0.455. The van der Waals surface area contributed by atoms with Crippen molar-refractivity contribution in [2.24, 2.45) is 0 Å². The topological polar surface area (TPSA) is 12.5 Å². The minimum atomic E-state index is -4.95. The van der Waals surface area contributed by atoms with E-state index in [2.05, 4.69) is 0 Å². The van der Waals surface area contributed by atoms with Crippen molar-refractivity contribution >= 4 is 12.4 Å². The summed E-state index contributed by atoms with van der Waals surface area (Å²) in [6.07, 6.45) is 0.786. The Bertz CT molecular complexity index is 355. The molecule has 0 radical (unpaired) electrons. The van der Waals surface area contributed by atoms with Gasteiger partial charge in [0, 0.05) is 6.54 Å². The second-order valence-corrected chi connectivity index (χ2v) is 4.15. The van der Waals surface area contributed by atoms with Gasteiger partial charge in [-0.3, -0.25) is 0 Å². The van der Waals surface area contributed by atoms with Crippen LogP contribution >= 0.6 is 0 Å². The second-order valence-electron chi connectivity index (χ2n) is 4.15. The molecule has 96 valence electrons. The summed E-state index contributed by atoms with van der Waals surface area (Å²) < 4.78 is 42.7. The summed E-state index contributed by atoms with van der Waals surface area (Å²) in [6, 6.07) is 5.02. The van der Waals surface area contributed by atoms with E-state index in [-0.39, 0.29) is 5.75 Å². The Kier molecular flexibility index (Phi) is 4.87. The Morgan fingerprint density at radius 1 is 1.24 bits per heavy atom. The second kappa shape index (κ2) is 5.96. The molecule has 0 heterocycles. The van der Waals surface area contributed by atoms with Crippen molar-refractivity contribution in [1.82, 2.24) is 4.90 Å².